The van der Waals surface area contributed by atoms with Crippen molar-refractivity contribution in [3.63, 3.8) is 0 Å². The Morgan fingerprint density at radius 3 is 2.77 bits per heavy atom. The van der Waals surface area contributed by atoms with Crippen LogP contribution in [-0.2, 0) is 4.74 Å². The normalized spacial score (nSPS) is 24.8. The smallest absolute Gasteiger partial charge is 0.223 e. The van der Waals surface area contributed by atoms with Crippen LogP contribution in [0.15, 0.2) is 24.4 Å². The Morgan fingerprint density at radius 1 is 1.27 bits per heavy atom. The van der Waals surface area contributed by atoms with Gasteiger partial charge in [-0.1, -0.05) is 19.1 Å². The predicted octanol–water partition coefficient (Wildman–Crippen LogP) is 3.15. The summed E-state index contributed by atoms with van der Waals surface area (Å²) in [7, 11) is 0. The van der Waals surface area contributed by atoms with Gasteiger partial charge in [-0.05, 0) is 38.2 Å². The van der Waals surface area contributed by atoms with Crippen molar-refractivity contribution in [2.75, 3.05) is 25.1 Å². The Kier molecular flexibility index (Phi) is 4.96. The molecule has 2 N–H and O–H groups in total. The third-order valence-corrected chi connectivity index (χ3v) is 5.70. The molecule has 0 bridgehead atoms. The third-order valence-electron chi connectivity index (χ3n) is 5.70. The fraction of sp³-hybridized carbons (Fsp3) is 0.600. The molecule has 1 saturated carbocycles. The Balaban J connectivity index is 1.50. The van der Waals surface area contributed by atoms with Gasteiger partial charge < -0.3 is 19.9 Å². The van der Waals surface area contributed by atoms with Crippen molar-refractivity contribution >= 4 is 16.9 Å². The van der Waals surface area contributed by atoms with Gasteiger partial charge in [0.25, 0.3) is 0 Å². The van der Waals surface area contributed by atoms with E-state index in [0.717, 1.165) is 62.0 Å². The number of fused-ring (bicyclic) bond motifs is 1. The van der Waals surface area contributed by atoms with Gasteiger partial charge in [-0.2, -0.15) is 0 Å². The average molecular weight is 357 g/mol. The van der Waals surface area contributed by atoms with Crippen molar-refractivity contribution in [2.24, 2.45) is 5.41 Å². The predicted molar refractivity (Wildman–Crippen MR) is 100 cm³/mol. The second kappa shape index (κ2) is 7.37. The summed E-state index contributed by atoms with van der Waals surface area (Å²) in [5.74, 6) is 1.43. The number of ether oxygens (including phenoxy) is 2. The van der Waals surface area contributed by atoms with Gasteiger partial charge in [0.1, 0.15) is 11.3 Å². The van der Waals surface area contributed by atoms with Gasteiger partial charge in [0.15, 0.2) is 0 Å². The highest BCUT2D eigenvalue weighted by Gasteiger charge is 2.37. The fourth-order valence-electron chi connectivity index (χ4n) is 3.63. The van der Waals surface area contributed by atoms with Crippen LogP contribution in [0.2, 0.25) is 0 Å². The van der Waals surface area contributed by atoms with Gasteiger partial charge in [0.05, 0.1) is 31.3 Å². The highest BCUT2D eigenvalue weighted by Crippen LogP contribution is 2.33. The molecule has 1 aromatic heterocycles. The monoisotopic (exact) mass is 357 g/mol. The fourth-order valence-corrected chi connectivity index (χ4v) is 3.63. The zero-order valence-corrected chi connectivity index (χ0v) is 15.3. The molecule has 0 unspecified atom stereocenters. The van der Waals surface area contributed by atoms with Crippen molar-refractivity contribution in [1.82, 2.24) is 9.97 Å². The van der Waals surface area contributed by atoms with Crippen LogP contribution in [0.1, 0.15) is 39.0 Å². The Hall–Kier alpha value is -1.92. The van der Waals surface area contributed by atoms with Crippen molar-refractivity contribution in [1.29, 1.82) is 0 Å². The number of aliphatic hydroxyl groups excluding tert-OH is 1. The summed E-state index contributed by atoms with van der Waals surface area (Å²) in [5, 5.41) is 14.0. The zero-order chi connectivity index (χ0) is 18.0. The lowest BCUT2D eigenvalue weighted by molar-refractivity contribution is -0.133. The number of hydrogen-bond acceptors (Lipinski definition) is 6. The second-order valence-corrected chi connectivity index (χ2v) is 7.67. The number of hydrogen-bond donors (Lipinski definition) is 2. The molecule has 26 heavy (non-hydrogen) atoms. The maximum absolute atomic E-state index is 9.66. The molecule has 140 valence electrons. The molecule has 0 radical (unpaired) electrons. The van der Waals surface area contributed by atoms with E-state index >= 15 is 0 Å². The van der Waals surface area contributed by atoms with Gasteiger partial charge >= 0.3 is 0 Å². The molecule has 6 heteroatoms. The molecule has 1 aliphatic carbocycles. The summed E-state index contributed by atoms with van der Waals surface area (Å²) in [6.07, 6.45) is 6.29. The molecule has 0 amide bonds. The lowest BCUT2D eigenvalue weighted by atomic mass is 9.84. The van der Waals surface area contributed by atoms with Crippen LogP contribution in [0.3, 0.4) is 0 Å². The summed E-state index contributed by atoms with van der Waals surface area (Å²) in [4.78, 5) is 9.17. The van der Waals surface area contributed by atoms with E-state index in [0.29, 0.717) is 18.6 Å². The Morgan fingerprint density at radius 2 is 2.08 bits per heavy atom. The molecule has 2 fully saturated rings. The number of anilines is 1. The molecular formula is C20H27N3O3. The van der Waals surface area contributed by atoms with Crippen LogP contribution >= 0.6 is 0 Å². The van der Waals surface area contributed by atoms with E-state index in [2.05, 4.69) is 17.2 Å². The molecular weight excluding hydrogens is 330 g/mol. The van der Waals surface area contributed by atoms with Crippen LogP contribution in [0.4, 0.5) is 5.95 Å². The van der Waals surface area contributed by atoms with E-state index in [1.54, 1.807) is 0 Å². The lowest BCUT2D eigenvalue weighted by Gasteiger charge is -2.40. The molecule has 1 saturated heterocycles. The molecule has 1 aliphatic heterocycles. The van der Waals surface area contributed by atoms with E-state index in [9.17, 15) is 5.11 Å². The van der Waals surface area contributed by atoms with Gasteiger partial charge in [-0.25, -0.2) is 9.97 Å². The Bertz CT molecular complexity index is 750. The zero-order valence-electron chi connectivity index (χ0n) is 15.3. The van der Waals surface area contributed by atoms with E-state index < -0.39 is 0 Å². The number of benzene rings is 1. The van der Waals surface area contributed by atoms with E-state index in [-0.39, 0.29) is 11.5 Å². The number of aromatic nitrogens is 2. The number of rotatable bonds is 6. The molecule has 2 aromatic rings. The molecule has 0 atom stereocenters. The Labute approximate surface area is 153 Å². The van der Waals surface area contributed by atoms with Gasteiger partial charge in [-0.3, -0.25) is 0 Å². The first-order valence-electron chi connectivity index (χ1n) is 9.58. The standard InChI is InChI=1S/C20H27N3O3/c1-2-20(11-25-12-20)13-26-17-5-3-4-14-10-21-19(23-18(14)17)22-15-6-8-16(24)9-7-15/h3-5,10,15-16,24H,2,6-9,11-13H2,1H3,(H,21,22,23)/t15-,16-. The van der Waals surface area contributed by atoms with Crippen LogP contribution in [-0.4, -0.2) is 47.0 Å². The molecule has 2 heterocycles. The summed E-state index contributed by atoms with van der Waals surface area (Å²) in [6, 6.07) is 6.27. The highest BCUT2D eigenvalue weighted by molar-refractivity contribution is 5.84. The van der Waals surface area contributed by atoms with E-state index in [4.69, 9.17) is 14.5 Å². The van der Waals surface area contributed by atoms with Crippen molar-refractivity contribution < 1.29 is 14.6 Å². The maximum Gasteiger partial charge on any atom is 0.223 e. The number of para-hydroxylation sites is 1. The minimum atomic E-state index is -0.160. The van der Waals surface area contributed by atoms with Crippen LogP contribution < -0.4 is 10.1 Å². The SMILES string of the molecule is CCC1(COc2cccc3cnc(N[C@H]4CC[C@H](O)CC4)nc23)COC1. The second-order valence-electron chi connectivity index (χ2n) is 7.67. The van der Waals surface area contributed by atoms with Crippen LogP contribution in [0.25, 0.3) is 10.9 Å². The topological polar surface area (TPSA) is 76.5 Å². The highest BCUT2D eigenvalue weighted by atomic mass is 16.5. The van der Waals surface area contributed by atoms with Crippen LogP contribution in [0, 0.1) is 5.41 Å². The summed E-state index contributed by atoms with van der Waals surface area (Å²) >= 11 is 0. The molecule has 4 rings (SSSR count). The minimum Gasteiger partial charge on any atom is -0.491 e. The largest absolute Gasteiger partial charge is 0.491 e. The molecule has 2 aliphatic rings. The summed E-state index contributed by atoms with van der Waals surface area (Å²) in [5.41, 5.74) is 0.978. The first-order valence-corrected chi connectivity index (χ1v) is 9.58. The van der Waals surface area contributed by atoms with Gasteiger partial charge in [0.2, 0.25) is 5.95 Å². The number of aliphatic hydroxyl groups is 1. The van der Waals surface area contributed by atoms with Gasteiger partial charge in [-0.15, -0.1) is 0 Å². The maximum atomic E-state index is 9.66. The lowest BCUT2D eigenvalue weighted by Crippen LogP contribution is -2.46. The van der Waals surface area contributed by atoms with Crippen LogP contribution in [0.5, 0.6) is 5.75 Å². The number of nitrogens with zero attached hydrogens (tertiary/aromatic N) is 2. The van der Waals surface area contributed by atoms with E-state index in [1.807, 2.05) is 24.4 Å². The summed E-state index contributed by atoms with van der Waals surface area (Å²) < 4.78 is 11.5. The first kappa shape index (κ1) is 17.5. The quantitative estimate of drug-likeness (QED) is 0.827. The molecule has 1 aromatic carbocycles. The van der Waals surface area contributed by atoms with Crippen molar-refractivity contribution in [2.45, 2.75) is 51.2 Å². The summed E-state index contributed by atoms with van der Waals surface area (Å²) in [6.45, 7) is 4.36. The van der Waals surface area contributed by atoms with E-state index in [1.165, 1.54) is 0 Å². The first-order chi connectivity index (χ1) is 12.7. The van der Waals surface area contributed by atoms with Gasteiger partial charge in [0, 0.05) is 17.6 Å². The molecule has 0 spiro atoms. The van der Waals surface area contributed by atoms with Crippen molar-refractivity contribution in [3.05, 3.63) is 24.4 Å². The molecule has 6 nitrogen and oxygen atoms in total. The van der Waals surface area contributed by atoms with Crippen molar-refractivity contribution in [3.8, 4) is 5.75 Å². The minimum absolute atomic E-state index is 0.138. The average Bonchev–Trinajstić information content (AvgIpc) is 2.63. The third kappa shape index (κ3) is 3.62. The number of nitrogens with one attached hydrogen (secondary N) is 1.